The summed E-state index contributed by atoms with van der Waals surface area (Å²) in [6.07, 6.45) is 0.364. The fraction of sp³-hybridized carbons (Fsp3) is 0.278. The first kappa shape index (κ1) is 15.2. The minimum absolute atomic E-state index is 0.0272. The van der Waals surface area contributed by atoms with Gasteiger partial charge in [0.2, 0.25) is 5.91 Å². The van der Waals surface area contributed by atoms with Crippen LogP contribution in [0.2, 0.25) is 0 Å². The predicted octanol–water partition coefficient (Wildman–Crippen LogP) is 3.19. The number of carbonyl (C=O) groups is 1. The van der Waals surface area contributed by atoms with Crippen molar-refractivity contribution in [2.75, 3.05) is 26.6 Å². The molecule has 0 fully saturated rings. The molecule has 0 saturated heterocycles. The van der Waals surface area contributed by atoms with Crippen LogP contribution >= 0.6 is 0 Å². The van der Waals surface area contributed by atoms with E-state index in [9.17, 15) is 4.79 Å². The van der Waals surface area contributed by atoms with Gasteiger partial charge in [-0.15, -0.1) is 0 Å². The zero-order chi connectivity index (χ0) is 16.4. The van der Waals surface area contributed by atoms with Gasteiger partial charge in [0, 0.05) is 30.0 Å². The molecule has 2 aromatic rings. The largest absolute Gasteiger partial charge is 0.497 e. The molecule has 0 bridgehead atoms. The lowest BCUT2D eigenvalue weighted by molar-refractivity contribution is -0.116. The summed E-state index contributed by atoms with van der Waals surface area (Å²) in [4.78, 5) is 12.1. The molecule has 0 radical (unpaired) electrons. The zero-order valence-electron chi connectivity index (χ0n) is 13.4. The van der Waals surface area contributed by atoms with Crippen LogP contribution in [0.25, 0.3) is 0 Å². The number of anilines is 1. The van der Waals surface area contributed by atoms with E-state index in [1.807, 2.05) is 36.4 Å². The summed E-state index contributed by atoms with van der Waals surface area (Å²) in [5, 5.41) is 2.91. The molecule has 1 amide bonds. The maximum absolute atomic E-state index is 12.1. The van der Waals surface area contributed by atoms with E-state index in [0.29, 0.717) is 17.9 Å². The van der Waals surface area contributed by atoms with E-state index in [-0.39, 0.29) is 11.8 Å². The van der Waals surface area contributed by atoms with E-state index in [1.54, 1.807) is 21.3 Å². The number of methoxy groups -OCH3 is 3. The van der Waals surface area contributed by atoms with Crippen molar-refractivity contribution in [3.8, 4) is 17.2 Å². The quantitative estimate of drug-likeness (QED) is 0.942. The van der Waals surface area contributed by atoms with Crippen molar-refractivity contribution in [3.05, 3.63) is 47.5 Å². The standard InChI is InChI=1S/C18H19NO4/c1-21-12-6-4-5-11(7-12)14-10-17(20)19-15-8-13(22-2)9-16(23-3)18(14)15/h4-9,14H,10H2,1-3H3,(H,19,20)/t14-/m1/s1. The first-order valence-corrected chi connectivity index (χ1v) is 7.36. The molecule has 5 heteroatoms. The van der Waals surface area contributed by atoms with Crippen LogP contribution in [0.1, 0.15) is 23.5 Å². The molecular formula is C18H19NO4. The van der Waals surface area contributed by atoms with Gasteiger partial charge in [0.15, 0.2) is 0 Å². The van der Waals surface area contributed by atoms with E-state index in [1.165, 1.54) is 0 Å². The van der Waals surface area contributed by atoms with Gasteiger partial charge in [-0.1, -0.05) is 12.1 Å². The molecule has 0 aliphatic carbocycles. The van der Waals surface area contributed by atoms with Gasteiger partial charge in [0.25, 0.3) is 0 Å². The maximum atomic E-state index is 12.1. The lowest BCUT2D eigenvalue weighted by Crippen LogP contribution is -2.24. The van der Waals surface area contributed by atoms with Gasteiger partial charge in [-0.05, 0) is 17.7 Å². The van der Waals surface area contributed by atoms with Gasteiger partial charge in [0.05, 0.1) is 27.0 Å². The third kappa shape index (κ3) is 2.82. The number of fused-ring (bicyclic) bond motifs is 1. The van der Waals surface area contributed by atoms with Crippen molar-refractivity contribution >= 4 is 11.6 Å². The lowest BCUT2D eigenvalue weighted by atomic mass is 9.84. The Morgan fingerprint density at radius 2 is 1.78 bits per heavy atom. The van der Waals surface area contributed by atoms with Crippen molar-refractivity contribution < 1.29 is 19.0 Å². The SMILES string of the molecule is COc1cccc([C@H]2CC(=O)Nc3cc(OC)cc(OC)c32)c1. The highest BCUT2D eigenvalue weighted by molar-refractivity contribution is 5.96. The molecule has 2 aromatic carbocycles. The topological polar surface area (TPSA) is 56.8 Å². The summed E-state index contributed by atoms with van der Waals surface area (Å²) in [6.45, 7) is 0. The third-order valence-corrected chi connectivity index (χ3v) is 4.08. The number of ether oxygens (including phenoxy) is 3. The van der Waals surface area contributed by atoms with Crippen molar-refractivity contribution in [2.45, 2.75) is 12.3 Å². The van der Waals surface area contributed by atoms with Gasteiger partial charge in [0.1, 0.15) is 17.2 Å². The van der Waals surface area contributed by atoms with E-state index >= 15 is 0 Å². The highest BCUT2D eigenvalue weighted by Crippen LogP contribution is 2.45. The highest BCUT2D eigenvalue weighted by Gasteiger charge is 2.30. The Labute approximate surface area is 135 Å². The Morgan fingerprint density at radius 1 is 1.00 bits per heavy atom. The summed E-state index contributed by atoms with van der Waals surface area (Å²) >= 11 is 0. The monoisotopic (exact) mass is 313 g/mol. The molecule has 1 heterocycles. The molecule has 0 saturated carbocycles. The van der Waals surface area contributed by atoms with Crippen LogP contribution in [0.5, 0.6) is 17.2 Å². The number of nitrogens with one attached hydrogen (secondary N) is 1. The van der Waals surface area contributed by atoms with Crippen molar-refractivity contribution in [1.29, 1.82) is 0 Å². The van der Waals surface area contributed by atoms with Crippen LogP contribution in [-0.4, -0.2) is 27.2 Å². The molecule has 1 atom stereocenters. The predicted molar refractivity (Wildman–Crippen MR) is 87.6 cm³/mol. The van der Waals surface area contributed by atoms with Crippen LogP contribution in [0.3, 0.4) is 0 Å². The Morgan fingerprint density at radius 3 is 2.48 bits per heavy atom. The van der Waals surface area contributed by atoms with Crippen molar-refractivity contribution in [3.63, 3.8) is 0 Å². The summed E-state index contributed by atoms with van der Waals surface area (Å²) in [5.74, 6) is 2.00. The van der Waals surface area contributed by atoms with Gasteiger partial charge >= 0.3 is 0 Å². The van der Waals surface area contributed by atoms with Crippen molar-refractivity contribution in [2.24, 2.45) is 0 Å². The lowest BCUT2D eigenvalue weighted by Gasteiger charge is -2.28. The highest BCUT2D eigenvalue weighted by atomic mass is 16.5. The maximum Gasteiger partial charge on any atom is 0.225 e. The van der Waals surface area contributed by atoms with E-state index < -0.39 is 0 Å². The third-order valence-electron chi connectivity index (χ3n) is 4.08. The second-order valence-corrected chi connectivity index (χ2v) is 5.37. The summed E-state index contributed by atoms with van der Waals surface area (Å²) in [7, 11) is 4.84. The number of hydrogen-bond acceptors (Lipinski definition) is 4. The fourth-order valence-corrected chi connectivity index (χ4v) is 2.98. The number of amides is 1. The molecule has 0 spiro atoms. The van der Waals surface area contributed by atoms with Crippen LogP contribution in [0, 0.1) is 0 Å². The van der Waals surface area contributed by atoms with Gasteiger partial charge in [-0.2, -0.15) is 0 Å². The molecule has 1 aliphatic rings. The van der Waals surface area contributed by atoms with E-state index in [2.05, 4.69) is 5.32 Å². The summed E-state index contributed by atoms with van der Waals surface area (Å²) in [5.41, 5.74) is 2.70. The van der Waals surface area contributed by atoms with Gasteiger partial charge in [-0.3, -0.25) is 4.79 Å². The first-order valence-electron chi connectivity index (χ1n) is 7.36. The molecular weight excluding hydrogens is 294 g/mol. The molecule has 1 N–H and O–H groups in total. The summed E-state index contributed by atoms with van der Waals surface area (Å²) < 4.78 is 16.1. The number of carbonyl (C=O) groups excluding carboxylic acids is 1. The van der Waals surface area contributed by atoms with Crippen LogP contribution in [0.15, 0.2) is 36.4 Å². The Bertz CT molecular complexity index is 742. The second kappa shape index (κ2) is 6.20. The second-order valence-electron chi connectivity index (χ2n) is 5.37. The minimum Gasteiger partial charge on any atom is -0.497 e. The van der Waals surface area contributed by atoms with E-state index in [0.717, 1.165) is 22.6 Å². The Kier molecular flexibility index (Phi) is 4.10. The molecule has 3 rings (SSSR count). The van der Waals surface area contributed by atoms with E-state index in [4.69, 9.17) is 14.2 Å². The molecule has 0 unspecified atom stereocenters. The fourth-order valence-electron chi connectivity index (χ4n) is 2.98. The average molecular weight is 313 g/mol. The van der Waals surface area contributed by atoms with Crippen LogP contribution in [0.4, 0.5) is 5.69 Å². The number of rotatable bonds is 4. The van der Waals surface area contributed by atoms with Gasteiger partial charge in [-0.25, -0.2) is 0 Å². The van der Waals surface area contributed by atoms with Crippen LogP contribution in [-0.2, 0) is 4.79 Å². The normalized spacial score (nSPS) is 16.3. The van der Waals surface area contributed by atoms with Crippen molar-refractivity contribution in [1.82, 2.24) is 0 Å². The molecule has 0 aromatic heterocycles. The Hall–Kier alpha value is -2.69. The number of benzene rings is 2. The van der Waals surface area contributed by atoms with Gasteiger partial charge < -0.3 is 19.5 Å². The molecule has 120 valence electrons. The molecule has 5 nitrogen and oxygen atoms in total. The first-order chi connectivity index (χ1) is 11.2. The smallest absolute Gasteiger partial charge is 0.225 e. The zero-order valence-corrected chi connectivity index (χ0v) is 13.4. The minimum atomic E-state index is -0.0882. The summed E-state index contributed by atoms with van der Waals surface area (Å²) in [6, 6.07) is 11.4. The molecule has 1 aliphatic heterocycles. The Balaban J connectivity index is 2.15. The van der Waals surface area contributed by atoms with Crippen LogP contribution < -0.4 is 19.5 Å². The number of hydrogen-bond donors (Lipinski definition) is 1. The average Bonchev–Trinajstić information content (AvgIpc) is 2.59. The molecule has 23 heavy (non-hydrogen) atoms.